The molecule has 0 fully saturated rings. The molecule has 30 heavy (non-hydrogen) atoms. The third-order valence-corrected chi connectivity index (χ3v) is 4.85. The number of hydrogen-bond donors (Lipinski definition) is 1. The molecule has 3 aromatic rings. The van der Waals surface area contributed by atoms with Crippen LogP contribution in [0.5, 0.6) is 11.5 Å². The lowest BCUT2D eigenvalue weighted by molar-refractivity contribution is 0.104. The molecule has 4 nitrogen and oxygen atoms in total. The minimum Gasteiger partial charge on any atom is -0.495 e. The fourth-order valence-electron chi connectivity index (χ4n) is 2.63. The largest absolute Gasteiger partial charge is 0.495 e. The predicted octanol–water partition coefficient (Wildman–Crippen LogP) is 6.53. The van der Waals surface area contributed by atoms with Crippen molar-refractivity contribution in [2.75, 3.05) is 12.4 Å². The highest BCUT2D eigenvalue weighted by atomic mass is 35.5. The first kappa shape index (κ1) is 21.7. The summed E-state index contributed by atoms with van der Waals surface area (Å²) < 4.78 is 24.6. The van der Waals surface area contributed by atoms with Gasteiger partial charge in [0.15, 0.2) is 5.78 Å². The van der Waals surface area contributed by atoms with E-state index in [1.165, 1.54) is 31.5 Å². The molecule has 1 N–H and O–H groups in total. The van der Waals surface area contributed by atoms with Gasteiger partial charge in [0, 0.05) is 29.1 Å². The summed E-state index contributed by atoms with van der Waals surface area (Å²) in [5, 5.41) is 3.73. The van der Waals surface area contributed by atoms with E-state index in [9.17, 15) is 9.18 Å². The monoisotopic (exact) mass is 445 g/mol. The smallest absolute Gasteiger partial charge is 0.187 e. The van der Waals surface area contributed by atoms with E-state index < -0.39 is 5.82 Å². The van der Waals surface area contributed by atoms with Gasteiger partial charge < -0.3 is 14.8 Å². The number of methoxy groups -OCH3 is 1. The molecular formula is C23H18Cl2FNO3. The molecule has 7 heteroatoms. The van der Waals surface area contributed by atoms with E-state index in [1.807, 2.05) is 0 Å². The highest BCUT2D eigenvalue weighted by Gasteiger charge is 2.09. The van der Waals surface area contributed by atoms with Gasteiger partial charge in [-0.05, 0) is 42.5 Å². The van der Waals surface area contributed by atoms with Gasteiger partial charge in [0.05, 0.1) is 17.2 Å². The van der Waals surface area contributed by atoms with Crippen LogP contribution in [0.1, 0.15) is 15.9 Å². The summed E-state index contributed by atoms with van der Waals surface area (Å²) in [4.78, 5) is 12.4. The van der Waals surface area contributed by atoms with Crippen LogP contribution < -0.4 is 14.8 Å². The van der Waals surface area contributed by atoms with E-state index in [2.05, 4.69) is 5.32 Å². The van der Waals surface area contributed by atoms with Crippen LogP contribution in [0.4, 0.5) is 10.1 Å². The Morgan fingerprint density at radius 2 is 1.87 bits per heavy atom. The molecule has 0 amide bonds. The Morgan fingerprint density at radius 3 is 2.60 bits per heavy atom. The highest BCUT2D eigenvalue weighted by Crippen LogP contribution is 2.27. The van der Waals surface area contributed by atoms with Gasteiger partial charge in [-0.25, -0.2) is 4.39 Å². The van der Waals surface area contributed by atoms with Crippen molar-refractivity contribution in [1.29, 1.82) is 0 Å². The molecule has 0 saturated carbocycles. The molecule has 0 saturated heterocycles. The third kappa shape index (κ3) is 5.53. The molecule has 0 aliphatic carbocycles. The molecule has 0 aromatic heterocycles. The molecule has 0 bridgehead atoms. The standard InChI is InChI=1S/C23H18Cl2FNO3/c1-29-23-9-8-16(13-20(23)25)27-11-10-22(28)15-4-2-5-17(12-15)30-14-18-19(24)6-3-7-21(18)26/h2-13,27H,14H2,1H3/b11-10+. The van der Waals surface area contributed by atoms with Crippen LogP contribution in [0.15, 0.2) is 72.9 Å². The van der Waals surface area contributed by atoms with Gasteiger partial charge in [-0.2, -0.15) is 0 Å². The molecule has 154 valence electrons. The normalized spacial score (nSPS) is 10.8. The van der Waals surface area contributed by atoms with Gasteiger partial charge >= 0.3 is 0 Å². The van der Waals surface area contributed by atoms with Crippen LogP contribution in [-0.4, -0.2) is 12.9 Å². The Balaban J connectivity index is 1.62. The van der Waals surface area contributed by atoms with E-state index in [-0.39, 0.29) is 23.0 Å². The van der Waals surface area contributed by atoms with Gasteiger partial charge in [0.25, 0.3) is 0 Å². The Morgan fingerprint density at radius 1 is 1.07 bits per heavy atom. The Hall–Kier alpha value is -3.02. The number of halogens is 3. The van der Waals surface area contributed by atoms with Gasteiger partial charge in [-0.3, -0.25) is 4.79 Å². The number of rotatable bonds is 8. The number of ether oxygens (including phenoxy) is 2. The van der Waals surface area contributed by atoms with Crippen LogP contribution in [0.2, 0.25) is 10.0 Å². The maximum Gasteiger partial charge on any atom is 0.187 e. The van der Waals surface area contributed by atoms with Crippen molar-refractivity contribution in [3.8, 4) is 11.5 Å². The number of ketones is 1. The number of hydrogen-bond acceptors (Lipinski definition) is 4. The van der Waals surface area contributed by atoms with Crippen molar-refractivity contribution < 1.29 is 18.7 Å². The number of anilines is 1. The van der Waals surface area contributed by atoms with Crippen LogP contribution in [0.3, 0.4) is 0 Å². The second kappa shape index (κ2) is 10.1. The second-order valence-corrected chi connectivity index (χ2v) is 7.02. The topological polar surface area (TPSA) is 47.6 Å². The maximum absolute atomic E-state index is 13.9. The Kier molecular flexibility index (Phi) is 7.33. The van der Waals surface area contributed by atoms with Crippen molar-refractivity contribution in [1.82, 2.24) is 0 Å². The maximum atomic E-state index is 13.9. The highest BCUT2D eigenvalue weighted by molar-refractivity contribution is 6.32. The van der Waals surface area contributed by atoms with Crippen molar-refractivity contribution in [2.45, 2.75) is 6.61 Å². The summed E-state index contributed by atoms with van der Waals surface area (Å²) in [6, 6.07) is 16.3. The van der Waals surface area contributed by atoms with E-state index >= 15 is 0 Å². The molecule has 0 heterocycles. The first-order chi connectivity index (χ1) is 14.5. The zero-order valence-corrected chi connectivity index (χ0v) is 17.5. The van der Waals surface area contributed by atoms with Crippen LogP contribution in [0, 0.1) is 5.82 Å². The molecule has 3 aromatic carbocycles. The zero-order valence-electron chi connectivity index (χ0n) is 16.0. The summed E-state index contributed by atoms with van der Waals surface area (Å²) in [6.07, 6.45) is 2.91. The summed E-state index contributed by atoms with van der Waals surface area (Å²) in [5.74, 6) is 0.332. The first-order valence-corrected chi connectivity index (χ1v) is 9.70. The predicted molar refractivity (Wildman–Crippen MR) is 117 cm³/mol. The fourth-order valence-corrected chi connectivity index (χ4v) is 3.11. The quantitative estimate of drug-likeness (QED) is 0.316. The Labute approximate surface area is 183 Å². The number of allylic oxidation sites excluding steroid dienone is 1. The van der Waals surface area contributed by atoms with E-state index in [4.69, 9.17) is 32.7 Å². The SMILES string of the molecule is COc1ccc(N/C=C/C(=O)c2cccc(OCc3c(F)cccc3Cl)c2)cc1Cl. The van der Waals surface area contributed by atoms with Crippen molar-refractivity contribution in [2.24, 2.45) is 0 Å². The zero-order chi connectivity index (χ0) is 21.5. The van der Waals surface area contributed by atoms with Gasteiger partial charge in [0.1, 0.15) is 23.9 Å². The summed E-state index contributed by atoms with van der Waals surface area (Å²) in [6.45, 7) is -0.0429. The first-order valence-electron chi connectivity index (χ1n) is 8.94. The average molecular weight is 446 g/mol. The molecule has 3 rings (SSSR count). The molecule has 0 aliphatic heterocycles. The van der Waals surface area contributed by atoms with E-state index in [0.29, 0.717) is 27.8 Å². The van der Waals surface area contributed by atoms with E-state index in [1.54, 1.807) is 48.5 Å². The fraction of sp³-hybridized carbons (Fsp3) is 0.0870. The molecule has 0 aliphatic rings. The Bertz CT molecular complexity index is 1070. The molecular weight excluding hydrogens is 428 g/mol. The van der Waals surface area contributed by atoms with Gasteiger partial charge in [-0.15, -0.1) is 0 Å². The second-order valence-electron chi connectivity index (χ2n) is 6.21. The van der Waals surface area contributed by atoms with Crippen molar-refractivity contribution in [3.63, 3.8) is 0 Å². The molecule has 0 radical (unpaired) electrons. The minimum atomic E-state index is -0.442. The van der Waals surface area contributed by atoms with Crippen LogP contribution in [0.25, 0.3) is 0 Å². The molecule has 0 spiro atoms. The van der Waals surface area contributed by atoms with Crippen LogP contribution in [-0.2, 0) is 6.61 Å². The van der Waals surface area contributed by atoms with Gasteiger partial charge in [-0.1, -0.05) is 41.4 Å². The summed E-state index contributed by atoms with van der Waals surface area (Å²) in [7, 11) is 1.54. The van der Waals surface area contributed by atoms with E-state index in [0.717, 1.165) is 0 Å². The van der Waals surface area contributed by atoms with Gasteiger partial charge in [0.2, 0.25) is 0 Å². The number of benzene rings is 3. The minimum absolute atomic E-state index is 0.0429. The lowest BCUT2D eigenvalue weighted by atomic mass is 10.1. The van der Waals surface area contributed by atoms with Crippen LogP contribution >= 0.6 is 23.2 Å². The lowest BCUT2D eigenvalue weighted by Gasteiger charge is -2.09. The molecule has 0 unspecified atom stereocenters. The summed E-state index contributed by atoms with van der Waals surface area (Å²) >= 11 is 12.1. The number of carbonyl (C=O) groups is 1. The average Bonchev–Trinajstić information content (AvgIpc) is 2.74. The number of nitrogens with one attached hydrogen (secondary N) is 1. The summed E-state index contributed by atoms with van der Waals surface area (Å²) in [5.41, 5.74) is 1.40. The number of carbonyl (C=O) groups excluding carboxylic acids is 1. The molecule has 0 atom stereocenters. The third-order valence-electron chi connectivity index (χ3n) is 4.20. The van der Waals surface area contributed by atoms with Crippen molar-refractivity contribution in [3.05, 3.63) is 99.9 Å². The van der Waals surface area contributed by atoms with Crippen molar-refractivity contribution >= 4 is 34.7 Å². The lowest BCUT2D eigenvalue weighted by Crippen LogP contribution is -2.01.